The van der Waals surface area contributed by atoms with Crippen molar-refractivity contribution in [3.63, 3.8) is 0 Å². The van der Waals surface area contributed by atoms with Crippen molar-refractivity contribution in [2.45, 2.75) is 19.4 Å². The molecule has 1 aromatic rings. The Morgan fingerprint density at radius 1 is 1.50 bits per heavy atom. The summed E-state index contributed by atoms with van der Waals surface area (Å²) >= 11 is 0. The van der Waals surface area contributed by atoms with Gasteiger partial charge >= 0.3 is 0 Å². The highest BCUT2D eigenvalue weighted by atomic mass is 16.5. The minimum Gasteiger partial charge on any atom is -0.378 e. The zero-order valence-electron chi connectivity index (χ0n) is 10.7. The first kappa shape index (κ1) is 13.1. The number of ether oxygens (including phenoxy) is 1. The number of hydrogen-bond acceptors (Lipinski definition) is 3. The predicted octanol–water partition coefficient (Wildman–Crippen LogP) is 0.967. The van der Waals surface area contributed by atoms with Gasteiger partial charge in [-0.05, 0) is 18.1 Å². The van der Waals surface area contributed by atoms with E-state index in [1.807, 2.05) is 24.3 Å². The molecule has 1 unspecified atom stereocenters. The van der Waals surface area contributed by atoms with Crippen LogP contribution in [0.2, 0.25) is 0 Å². The fraction of sp³-hybridized carbons (Fsp3) is 0.500. The average molecular weight is 248 g/mol. The molecular weight excluding hydrogens is 228 g/mol. The van der Waals surface area contributed by atoms with E-state index >= 15 is 0 Å². The third kappa shape index (κ3) is 3.31. The average Bonchev–Trinajstić information content (AvgIpc) is 2.45. The molecule has 1 aliphatic rings. The van der Waals surface area contributed by atoms with Crippen molar-refractivity contribution in [1.82, 2.24) is 10.6 Å². The van der Waals surface area contributed by atoms with Gasteiger partial charge < -0.3 is 15.4 Å². The topological polar surface area (TPSA) is 50.4 Å². The van der Waals surface area contributed by atoms with Gasteiger partial charge in [-0.15, -0.1) is 0 Å². The number of carbonyl (C=O) groups excluding carboxylic acids is 1. The van der Waals surface area contributed by atoms with Crippen LogP contribution in [0.25, 0.3) is 0 Å². The lowest BCUT2D eigenvalue weighted by molar-refractivity contribution is 0.0734. The Morgan fingerprint density at radius 3 is 3.06 bits per heavy atom. The summed E-state index contributed by atoms with van der Waals surface area (Å²) in [5.74, 6) is -0.000163. The largest absolute Gasteiger partial charge is 0.378 e. The van der Waals surface area contributed by atoms with Crippen LogP contribution in [0.1, 0.15) is 22.8 Å². The van der Waals surface area contributed by atoms with Gasteiger partial charge in [0.05, 0.1) is 13.2 Å². The van der Waals surface area contributed by atoms with E-state index in [4.69, 9.17) is 4.74 Å². The maximum absolute atomic E-state index is 12.1. The fourth-order valence-electron chi connectivity index (χ4n) is 2.11. The number of aryl methyl sites for hydroxylation is 1. The van der Waals surface area contributed by atoms with Crippen molar-refractivity contribution >= 4 is 5.91 Å². The molecule has 1 heterocycles. The smallest absolute Gasteiger partial charge is 0.251 e. The van der Waals surface area contributed by atoms with Crippen molar-refractivity contribution < 1.29 is 9.53 Å². The highest BCUT2D eigenvalue weighted by molar-refractivity contribution is 5.95. The summed E-state index contributed by atoms with van der Waals surface area (Å²) in [5.41, 5.74) is 1.86. The molecule has 1 amide bonds. The van der Waals surface area contributed by atoms with Gasteiger partial charge in [0.25, 0.3) is 5.91 Å². The minimum atomic E-state index is -0.000163. The molecule has 18 heavy (non-hydrogen) atoms. The second kappa shape index (κ2) is 6.52. The molecule has 1 aromatic carbocycles. The normalized spacial score (nSPS) is 19.5. The zero-order chi connectivity index (χ0) is 12.8. The molecule has 0 aromatic heterocycles. The zero-order valence-corrected chi connectivity index (χ0v) is 10.7. The molecule has 0 saturated carbocycles. The molecule has 4 nitrogen and oxygen atoms in total. The van der Waals surface area contributed by atoms with Crippen LogP contribution in [-0.2, 0) is 11.2 Å². The lowest BCUT2D eigenvalue weighted by atomic mass is 10.0. The van der Waals surface area contributed by atoms with Gasteiger partial charge in [-0.2, -0.15) is 0 Å². The highest BCUT2D eigenvalue weighted by Gasteiger charge is 2.15. The van der Waals surface area contributed by atoms with E-state index in [-0.39, 0.29) is 11.9 Å². The molecule has 1 atom stereocenters. The predicted molar refractivity (Wildman–Crippen MR) is 70.8 cm³/mol. The summed E-state index contributed by atoms with van der Waals surface area (Å²) < 4.78 is 5.35. The number of nitrogens with one attached hydrogen (secondary N) is 2. The monoisotopic (exact) mass is 248 g/mol. The summed E-state index contributed by atoms with van der Waals surface area (Å²) in [7, 11) is 0. The van der Waals surface area contributed by atoms with E-state index < -0.39 is 0 Å². The third-order valence-corrected chi connectivity index (χ3v) is 3.15. The number of carbonyl (C=O) groups is 1. The second-order valence-corrected chi connectivity index (χ2v) is 4.45. The first-order valence-corrected chi connectivity index (χ1v) is 6.48. The minimum absolute atomic E-state index is 0.000163. The van der Waals surface area contributed by atoms with Crippen LogP contribution in [0, 0.1) is 0 Å². The van der Waals surface area contributed by atoms with Gasteiger partial charge in [-0.25, -0.2) is 0 Å². The molecule has 1 fully saturated rings. The molecule has 98 valence electrons. The quantitative estimate of drug-likeness (QED) is 0.834. The molecule has 0 spiro atoms. The van der Waals surface area contributed by atoms with Crippen LogP contribution in [-0.4, -0.2) is 38.3 Å². The molecule has 0 aliphatic carbocycles. The first-order chi connectivity index (χ1) is 8.81. The summed E-state index contributed by atoms with van der Waals surface area (Å²) in [6, 6.07) is 7.95. The van der Waals surface area contributed by atoms with E-state index in [1.165, 1.54) is 0 Å². The lowest BCUT2D eigenvalue weighted by Crippen LogP contribution is -2.48. The fourth-order valence-corrected chi connectivity index (χ4v) is 2.11. The molecule has 2 N–H and O–H groups in total. The third-order valence-electron chi connectivity index (χ3n) is 3.15. The van der Waals surface area contributed by atoms with E-state index in [0.29, 0.717) is 13.2 Å². The Bertz CT molecular complexity index is 401. The van der Waals surface area contributed by atoms with Gasteiger partial charge in [0.1, 0.15) is 0 Å². The Hall–Kier alpha value is -1.39. The standard InChI is InChI=1S/C14H20N2O2/c1-2-11-5-3-4-6-13(11)14(17)16-9-12-10-18-8-7-15-12/h3-6,12,15H,2,7-10H2,1H3,(H,16,17). The first-order valence-electron chi connectivity index (χ1n) is 6.48. The number of amides is 1. The van der Waals surface area contributed by atoms with Crippen LogP contribution in [0.4, 0.5) is 0 Å². The maximum Gasteiger partial charge on any atom is 0.251 e. The van der Waals surface area contributed by atoms with E-state index in [9.17, 15) is 4.79 Å². The SMILES string of the molecule is CCc1ccccc1C(=O)NCC1COCCN1. The second-order valence-electron chi connectivity index (χ2n) is 4.45. The Kier molecular flexibility index (Phi) is 4.73. The molecular formula is C14H20N2O2. The highest BCUT2D eigenvalue weighted by Crippen LogP contribution is 2.09. The maximum atomic E-state index is 12.1. The molecule has 1 aliphatic heterocycles. The van der Waals surface area contributed by atoms with E-state index in [1.54, 1.807) is 0 Å². The van der Waals surface area contributed by atoms with Crippen LogP contribution in [0.15, 0.2) is 24.3 Å². The van der Waals surface area contributed by atoms with Gasteiger partial charge in [-0.1, -0.05) is 25.1 Å². The lowest BCUT2D eigenvalue weighted by Gasteiger charge is -2.24. The molecule has 1 saturated heterocycles. The van der Waals surface area contributed by atoms with Crippen LogP contribution in [0.5, 0.6) is 0 Å². The summed E-state index contributed by atoms with van der Waals surface area (Å²) in [5, 5.41) is 6.28. The molecule has 4 heteroatoms. The van der Waals surface area contributed by atoms with E-state index in [0.717, 1.165) is 30.7 Å². The van der Waals surface area contributed by atoms with Crippen LogP contribution >= 0.6 is 0 Å². The summed E-state index contributed by atoms with van der Waals surface area (Å²) in [6.45, 7) is 4.93. The summed E-state index contributed by atoms with van der Waals surface area (Å²) in [4.78, 5) is 12.1. The van der Waals surface area contributed by atoms with Crippen LogP contribution in [0.3, 0.4) is 0 Å². The molecule has 0 bridgehead atoms. The number of morpholine rings is 1. The van der Waals surface area contributed by atoms with Gasteiger partial charge in [0.15, 0.2) is 0 Å². The van der Waals surface area contributed by atoms with Crippen molar-refractivity contribution in [3.8, 4) is 0 Å². The Labute approximate surface area is 108 Å². The van der Waals surface area contributed by atoms with Crippen molar-refractivity contribution in [1.29, 1.82) is 0 Å². The van der Waals surface area contributed by atoms with Crippen molar-refractivity contribution in [2.24, 2.45) is 0 Å². The number of benzene rings is 1. The van der Waals surface area contributed by atoms with E-state index in [2.05, 4.69) is 17.6 Å². The molecule has 2 rings (SSSR count). The molecule has 0 radical (unpaired) electrons. The van der Waals surface area contributed by atoms with Gasteiger partial charge in [-0.3, -0.25) is 4.79 Å². The Balaban J connectivity index is 1.90. The number of rotatable bonds is 4. The van der Waals surface area contributed by atoms with Gasteiger partial charge in [0.2, 0.25) is 0 Å². The van der Waals surface area contributed by atoms with Crippen molar-refractivity contribution in [2.75, 3.05) is 26.3 Å². The van der Waals surface area contributed by atoms with Gasteiger partial charge in [0, 0.05) is 24.7 Å². The number of hydrogen-bond donors (Lipinski definition) is 2. The summed E-state index contributed by atoms with van der Waals surface area (Å²) in [6.07, 6.45) is 0.869. The Morgan fingerprint density at radius 2 is 2.33 bits per heavy atom. The van der Waals surface area contributed by atoms with Crippen molar-refractivity contribution in [3.05, 3.63) is 35.4 Å². The van der Waals surface area contributed by atoms with Crippen LogP contribution < -0.4 is 10.6 Å².